The molecule has 15 heavy (non-hydrogen) atoms. The van der Waals surface area contributed by atoms with Crippen LogP contribution in [0.5, 0.6) is 0 Å². The molecule has 0 saturated heterocycles. The van der Waals surface area contributed by atoms with Crippen LogP contribution in [0.2, 0.25) is 0 Å². The highest BCUT2D eigenvalue weighted by Crippen LogP contribution is 2.31. The zero-order valence-electron chi connectivity index (χ0n) is 8.81. The zero-order valence-corrected chi connectivity index (χ0v) is 8.81. The fourth-order valence-electron chi connectivity index (χ4n) is 1.95. The van der Waals surface area contributed by atoms with Crippen molar-refractivity contribution < 1.29 is 0 Å². The number of anilines is 2. The minimum Gasteiger partial charge on any atom is -0.339 e. The van der Waals surface area contributed by atoms with E-state index in [4.69, 9.17) is 0 Å². The molecule has 1 aromatic heterocycles. The molecule has 0 N–H and O–H groups in total. The highest BCUT2D eigenvalue weighted by molar-refractivity contribution is 5.82. The number of benzene rings is 1. The van der Waals surface area contributed by atoms with Crippen molar-refractivity contribution in [2.75, 3.05) is 30.6 Å². The van der Waals surface area contributed by atoms with Crippen molar-refractivity contribution in [2.24, 2.45) is 0 Å². The summed E-state index contributed by atoms with van der Waals surface area (Å²) in [6, 6.07) is 7.97. The quantitative estimate of drug-likeness (QED) is 0.644. The van der Waals surface area contributed by atoms with Crippen LogP contribution in [0.4, 0.5) is 11.6 Å². The summed E-state index contributed by atoms with van der Waals surface area (Å²) in [4.78, 5) is 13.4. The first-order valence-corrected chi connectivity index (χ1v) is 4.95. The lowest BCUT2D eigenvalue weighted by Crippen LogP contribution is -2.24. The number of aromatic nitrogens is 2. The molecule has 0 amide bonds. The zero-order chi connectivity index (χ0) is 10.4. The molecule has 1 aliphatic heterocycles. The molecule has 1 aliphatic rings. The van der Waals surface area contributed by atoms with Gasteiger partial charge in [-0.2, -0.15) is 0 Å². The second-order valence-corrected chi connectivity index (χ2v) is 3.90. The van der Waals surface area contributed by atoms with E-state index in [2.05, 4.69) is 19.8 Å². The Balaban J connectivity index is 2.32. The van der Waals surface area contributed by atoms with E-state index >= 15 is 0 Å². The molecule has 4 nitrogen and oxygen atoms in total. The molecule has 2 aromatic rings. The molecule has 0 atom stereocenters. The summed E-state index contributed by atoms with van der Waals surface area (Å²) in [6.07, 6.45) is 0. The van der Waals surface area contributed by atoms with E-state index < -0.39 is 0 Å². The van der Waals surface area contributed by atoms with Crippen LogP contribution in [-0.4, -0.2) is 30.7 Å². The van der Waals surface area contributed by atoms with Gasteiger partial charge in [0.2, 0.25) is 0 Å². The molecule has 3 rings (SSSR count). The van der Waals surface area contributed by atoms with Crippen LogP contribution in [0.15, 0.2) is 24.3 Å². The Morgan fingerprint density at radius 2 is 1.40 bits per heavy atom. The minimum absolute atomic E-state index is 0.853. The molecular weight excluding hydrogens is 188 g/mol. The lowest BCUT2D eigenvalue weighted by atomic mass is 10.3. The number of hydrogen-bond acceptors (Lipinski definition) is 4. The predicted octanol–water partition coefficient (Wildman–Crippen LogP) is 1.47. The van der Waals surface area contributed by atoms with E-state index in [1.165, 1.54) is 0 Å². The van der Waals surface area contributed by atoms with Crippen molar-refractivity contribution in [1.82, 2.24) is 9.97 Å². The summed E-state index contributed by atoms with van der Waals surface area (Å²) < 4.78 is 0. The van der Waals surface area contributed by atoms with E-state index in [0.717, 1.165) is 29.3 Å². The van der Waals surface area contributed by atoms with E-state index in [1.54, 1.807) is 0 Å². The largest absolute Gasteiger partial charge is 0.339 e. The van der Waals surface area contributed by atoms with Gasteiger partial charge in [0.25, 0.3) is 0 Å². The van der Waals surface area contributed by atoms with Crippen LogP contribution in [0.1, 0.15) is 0 Å². The van der Waals surface area contributed by atoms with Gasteiger partial charge in [-0.3, -0.25) is 0 Å². The summed E-state index contributed by atoms with van der Waals surface area (Å²) in [5.41, 5.74) is 1.91. The Kier molecular flexibility index (Phi) is 1.59. The SMILES string of the molecule is CN1CN(C)c2nc3ccccc3nc21. The molecule has 2 heterocycles. The maximum atomic E-state index is 4.61. The average Bonchev–Trinajstić information content (AvgIpc) is 2.52. The minimum atomic E-state index is 0.853. The molecule has 0 bridgehead atoms. The molecule has 0 aliphatic carbocycles. The lowest BCUT2D eigenvalue weighted by Gasteiger charge is -2.10. The van der Waals surface area contributed by atoms with Gasteiger partial charge in [-0.1, -0.05) is 12.1 Å². The predicted molar refractivity (Wildman–Crippen MR) is 61.2 cm³/mol. The molecule has 0 saturated carbocycles. The molecule has 76 valence electrons. The van der Waals surface area contributed by atoms with Gasteiger partial charge in [0.05, 0.1) is 17.7 Å². The van der Waals surface area contributed by atoms with Crippen molar-refractivity contribution in [3.63, 3.8) is 0 Å². The Morgan fingerprint density at radius 3 is 1.87 bits per heavy atom. The third kappa shape index (κ3) is 1.14. The second-order valence-electron chi connectivity index (χ2n) is 3.90. The Labute approximate surface area is 88.2 Å². The van der Waals surface area contributed by atoms with Crippen LogP contribution in [0.3, 0.4) is 0 Å². The number of rotatable bonds is 0. The summed E-state index contributed by atoms with van der Waals surface area (Å²) in [6.45, 7) is 0.853. The van der Waals surface area contributed by atoms with Crippen LogP contribution < -0.4 is 9.80 Å². The van der Waals surface area contributed by atoms with Gasteiger partial charge < -0.3 is 9.80 Å². The fraction of sp³-hybridized carbons (Fsp3) is 0.273. The smallest absolute Gasteiger partial charge is 0.173 e. The topological polar surface area (TPSA) is 32.3 Å². The van der Waals surface area contributed by atoms with Crippen LogP contribution >= 0.6 is 0 Å². The standard InChI is InChI=1S/C11H12N4/c1-14-7-15(2)11-10(14)12-8-5-3-4-6-9(8)13-11/h3-6H,7H2,1-2H3. The van der Waals surface area contributed by atoms with Crippen molar-refractivity contribution in [1.29, 1.82) is 0 Å². The maximum Gasteiger partial charge on any atom is 0.173 e. The van der Waals surface area contributed by atoms with Gasteiger partial charge in [0.15, 0.2) is 11.6 Å². The number of fused-ring (bicyclic) bond motifs is 2. The normalized spacial score (nSPS) is 14.8. The number of hydrogen-bond donors (Lipinski definition) is 0. The summed E-state index contributed by atoms with van der Waals surface area (Å²) >= 11 is 0. The molecule has 0 unspecified atom stereocenters. The number of para-hydroxylation sites is 2. The monoisotopic (exact) mass is 200 g/mol. The Morgan fingerprint density at radius 1 is 0.933 bits per heavy atom. The molecule has 4 heteroatoms. The van der Waals surface area contributed by atoms with E-state index in [9.17, 15) is 0 Å². The third-order valence-corrected chi connectivity index (χ3v) is 2.68. The third-order valence-electron chi connectivity index (χ3n) is 2.68. The first kappa shape index (κ1) is 8.47. The van der Waals surface area contributed by atoms with Crippen LogP contribution in [0, 0.1) is 0 Å². The van der Waals surface area contributed by atoms with Gasteiger partial charge in [-0.05, 0) is 12.1 Å². The average molecular weight is 200 g/mol. The maximum absolute atomic E-state index is 4.61. The van der Waals surface area contributed by atoms with Gasteiger partial charge >= 0.3 is 0 Å². The van der Waals surface area contributed by atoms with E-state index in [-0.39, 0.29) is 0 Å². The van der Waals surface area contributed by atoms with Gasteiger partial charge in [0.1, 0.15) is 0 Å². The first-order valence-electron chi connectivity index (χ1n) is 4.95. The van der Waals surface area contributed by atoms with Crippen LogP contribution in [0.25, 0.3) is 11.0 Å². The summed E-state index contributed by atoms with van der Waals surface area (Å²) in [5.74, 6) is 1.94. The van der Waals surface area contributed by atoms with Crippen molar-refractivity contribution in [3.05, 3.63) is 24.3 Å². The van der Waals surface area contributed by atoms with Crippen molar-refractivity contribution in [2.45, 2.75) is 0 Å². The Bertz CT molecular complexity index is 476. The van der Waals surface area contributed by atoms with Gasteiger partial charge in [-0.15, -0.1) is 0 Å². The Hall–Kier alpha value is -1.84. The van der Waals surface area contributed by atoms with E-state index in [1.807, 2.05) is 38.4 Å². The van der Waals surface area contributed by atoms with Crippen LogP contribution in [-0.2, 0) is 0 Å². The summed E-state index contributed by atoms with van der Waals surface area (Å²) in [7, 11) is 4.07. The first-order chi connectivity index (χ1) is 7.25. The van der Waals surface area contributed by atoms with Gasteiger partial charge in [-0.25, -0.2) is 9.97 Å². The molecule has 0 fully saturated rings. The second kappa shape index (κ2) is 2.82. The molecule has 1 aromatic carbocycles. The number of nitrogens with zero attached hydrogens (tertiary/aromatic N) is 4. The highest BCUT2D eigenvalue weighted by atomic mass is 15.4. The van der Waals surface area contributed by atoms with Crippen molar-refractivity contribution in [3.8, 4) is 0 Å². The molecular formula is C11H12N4. The lowest BCUT2D eigenvalue weighted by molar-refractivity contribution is 0.904. The highest BCUT2D eigenvalue weighted by Gasteiger charge is 2.23. The summed E-state index contributed by atoms with van der Waals surface area (Å²) in [5, 5.41) is 0. The van der Waals surface area contributed by atoms with Gasteiger partial charge in [0, 0.05) is 14.1 Å². The van der Waals surface area contributed by atoms with E-state index in [0.29, 0.717) is 0 Å². The molecule has 0 radical (unpaired) electrons. The fourth-order valence-corrected chi connectivity index (χ4v) is 1.95. The molecule has 0 spiro atoms. The van der Waals surface area contributed by atoms with Crippen molar-refractivity contribution >= 4 is 22.7 Å².